The molecule has 0 spiro atoms. The minimum atomic E-state index is 0.517. The summed E-state index contributed by atoms with van der Waals surface area (Å²) in [5, 5.41) is 0. The van der Waals surface area contributed by atoms with Gasteiger partial charge in [0.1, 0.15) is 5.82 Å². The highest BCUT2D eigenvalue weighted by Crippen LogP contribution is 2.29. The van der Waals surface area contributed by atoms with Crippen LogP contribution in [0, 0.1) is 0 Å². The molecule has 0 radical (unpaired) electrons. The van der Waals surface area contributed by atoms with Gasteiger partial charge in [0, 0.05) is 24.4 Å². The Morgan fingerprint density at radius 3 is 1.13 bits per heavy atom. The van der Waals surface area contributed by atoms with Crippen molar-refractivity contribution < 1.29 is 0 Å². The first-order valence-corrected chi connectivity index (χ1v) is 17.7. The Morgan fingerprint density at radius 2 is 0.816 bits per heavy atom. The second-order valence-electron chi connectivity index (χ2n) is 12.7. The third-order valence-corrected chi connectivity index (χ3v) is 8.68. The predicted molar refractivity (Wildman–Crippen MR) is 171 cm³/mol. The van der Waals surface area contributed by atoms with E-state index in [0.717, 1.165) is 0 Å². The van der Waals surface area contributed by atoms with Gasteiger partial charge in [-0.15, -0.1) is 0 Å². The Balaban J connectivity index is 2.16. The normalized spacial score (nSPS) is 12.6. The average Bonchev–Trinajstić information content (AvgIpc) is 3.41. The Hall–Kier alpha value is -0.790. The first kappa shape index (κ1) is 35.2. The summed E-state index contributed by atoms with van der Waals surface area (Å²) in [6.07, 6.45) is 42.8. The number of hydrogen-bond donors (Lipinski definition) is 0. The Morgan fingerprint density at radius 1 is 0.500 bits per heavy atom. The van der Waals surface area contributed by atoms with Crippen LogP contribution >= 0.6 is 0 Å². The average molecular weight is 531 g/mol. The molecule has 0 N–H and O–H groups in total. The lowest BCUT2D eigenvalue weighted by molar-refractivity contribution is 0.441. The lowest BCUT2D eigenvalue weighted by Gasteiger charge is -2.20. The zero-order valence-corrected chi connectivity index (χ0v) is 26.8. The number of unbranched alkanes of at least 4 members (excludes halogenated alkanes) is 23. The van der Waals surface area contributed by atoms with Crippen molar-refractivity contribution >= 4 is 0 Å². The van der Waals surface area contributed by atoms with Gasteiger partial charge in [0.25, 0.3) is 0 Å². The van der Waals surface area contributed by atoms with E-state index in [0.29, 0.717) is 12.0 Å². The molecule has 224 valence electrons. The fourth-order valence-corrected chi connectivity index (χ4v) is 6.12. The minimum absolute atomic E-state index is 0.517. The van der Waals surface area contributed by atoms with E-state index in [1.165, 1.54) is 179 Å². The van der Waals surface area contributed by atoms with Gasteiger partial charge in [0.2, 0.25) is 0 Å². The largest absolute Gasteiger partial charge is 0.332 e. The van der Waals surface area contributed by atoms with E-state index < -0.39 is 0 Å². The summed E-state index contributed by atoms with van der Waals surface area (Å²) in [7, 11) is 0. The maximum absolute atomic E-state index is 4.86. The van der Waals surface area contributed by atoms with Crippen molar-refractivity contribution in [2.75, 3.05) is 0 Å². The molecule has 1 aromatic rings. The summed E-state index contributed by atoms with van der Waals surface area (Å²) >= 11 is 0. The lowest BCUT2D eigenvalue weighted by atomic mass is 9.93. The molecule has 0 aliphatic carbocycles. The van der Waals surface area contributed by atoms with Crippen LogP contribution in [-0.4, -0.2) is 9.55 Å². The molecule has 0 saturated heterocycles. The molecule has 0 aromatic carbocycles. The summed E-state index contributed by atoms with van der Waals surface area (Å²) in [6, 6.07) is 0.517. The molecule has 0 saturated carbocycles. The van der Waals surface area contributed by atoms with Gasteiger partial charge in [-0.1, -0.05) is 174 Å². The molecule has 0 aliphatic rings. The maximum Gasteiger partial charge on any atom is 0.111 e. The predicted octanol–water partition coefficient (Wildman–Crippen LogP) is 13.1. The molecule has 38 heavy (non-hydrogen) atoms. The summed E-state index contributed by atoms with van der Waals surface area (Å²) in [5.41, 5.74) is 0. The van der Waals surface area contributed by atoms with Crippen molar-refractivity contribution in [3.63, 3.8) is 0 Å². The number of aromatic nitrogens is 2. The number of imidazole rings is 1. The molecule has 0 fully saturated rings. The molecular formula is C36H70N2. The Labute approximate surface area is 240 Å². The van der Waals surface area contributed by atoms with E-state index in [9.17, 15) is 0 Å². The summed E-state index contributed by atoms with van der Waals surface area (Å²) in [6.45, 7) is 9.22. The van der Waals surface area contributed by atoms with Crippen LogP contribution in [0.2, 0.25) is 0 Å². The summed E-state index contributed by atoms with van der Waals surface area (Å²) in [5.74, 6) is 2.02. The monoisotopic (exact) mass is 531 g/mol. The van der Waals surface area contributed by atoms with Crippen LogP contribution in [0.25, 0.3) is 0 Å². The van der Waals surface area contributed by atoms with E-state index in [2.05, 4.69) is 38.5 Å². The Kier molecular flexibility index (Phi) is 24.5. The molecule has 2 nitrogen and oxygen atoms in total. The minimum Gasteiger partial charge on any atom is -0.332 e. The Bertz CT molecular complexity index is 590. The van der Waals surface area contributed by atoms with E-state index in [-0.39, 0.29) is 0 Å². The molecule has 1 aromatic heterocycles. The van der Waals surface area contributed by atoms with E-state index >= 15 is 0 Å². The van der Waals surface area contributed by atoms with Crippen molar-refractivity contribution in [2.45, 2.75) is 213 Å². The van der Waals surface area contributed by atoms with Crippen LogP contribution < -0.4 is 0 Å². The molecule has 0 amide bonds. The van der Waals surface area contributed by atoms with Crippen molar-refractivity contribution in [1.82, 2.24) is 9.55 Å². The quantitative estimate of drug-likeness (QED) is 0.0941. The summed E-state index contributed by atoms with van der Waals surface area (Å²) in [4.78, 5) is 4.86. The summed E-state index contributed by atoms with van der Waals surface area (Å²) < 4.78 is 2.44. The van der Waals surface area contributed by atoms with Gasteiger partial charge in [-0.25, -0.2) is 4.98 Å². The number of rotatable bonds is 29. The maximum atomic E-state index is 4.86. The zero-order valence-electron chi connectivity index (χ0n) is 26.8. The third kappa shape index (κ3) is 19.3. The van der Waals surface area contributed by atoms with Crippen molar-refractivity contribution in [3.05, 3.63) is 18.2 Å². The van der Waals surface area contributed by atoms with Gasteiger partial charge in [-0.3, -0.25) is 0 Å². The fourth-order valence-electron chi connectivity index (χ4n) is 6.12. The SMILES string of the molecule is CCCCCCCCCCCCCCCC(CCCCCCCCCCCCCC)c1nccn1C(C)C. The first-order valence-electron chi connectivity index (χ1n) is 17.7. The van der Waals surface area contributed by atoms with Gasteiger partial charge in [0.05, 0.1) is 0 Å². The molecule has 0 aliphatic heterocycles. The fraction of sp³-hybridized carbons (Fsp3) is 0.917. The third-order valence-electron chi connectivity index (χ3n) is 8.68. The van der Waals surface area contributed by atoms with Crippen LogP contribution in [0.1, 0.15) is 219 Å². The van der Waals surface area contributed by atoms with E-state index in [1.54, 1.807) is 0 Å². The van der Waals surface area contributed by atoms with Gasteiger partial charge < -0.3 is 4.57 Å². The molecular weight excluding hydrogens is 460 g/mol. The molecule has 1 rings (SSSR count). The highest BCUT2D eigenvalue weighted by molar-refractivity contribution is 5.02. The zero-order chi connectivity index (χ0) is 27.5. The molecule has 1 heterocycles. The van der Waals surface area contributed by atoms with Crippen LogP contribution in [0.3, 0.4) is 0 Å². The lowest BCUT2D eigenvalue weighted by Crippen LogP contribution is -2.11. The van der Waals surface area contributed by atoms with Gasteiger partial charge in [-0.2, -0.15) is 0 Å². The van der Waals surface area contributed by atoms with Crippen molar-refractivity contribution in [1.29, 1.82) is 0 Å². The van der Waals surface area contributed by atoms with E-state index in [1.807, 2.05) is 6.20 Å². The van der Waals surface area contributed by atoms with Crippen LogP contribution in [0.15, 0.2) is 12.4 Å². The number of nitrogens with zero attached hydrogens (tertiary/aromatic N) is 2. The molecule has 1 unspecified atom stereocenters. The number of hydrogen-bond acceptors (Lipinski definition) is 1. The standard InChI is InChI=1S/C36H70N2/c1-5-7-9-11-13-15-17-19-21-23-25-27-29-31-35(36-37-32-33-38(36)34(3)4)30-28-26-24-22-20-18-16-14-12-10-8-6-2/h32-35H,5-31H2,1-4H3. The second-order valence-corrected chi connectivity index (χ2v) is 12.7. The smallest absolute Gasteiger partial charge is 0.111 e. The molecule has 2 heteroatoms. The van der Waals surface area contributed by atoms with Crippen LogP contribution in [0.5, 0.6) is 0 Å². The van der Waals surface area contributed by atoms with Crippen molar-refractivity contribution in [3.8, 4) is 0 Å². The second kappa shape index (κ2) is 26.4. The van der Waals surface area contributed by atoms with Gasteiger partial charge in [0.15, 0.2) is 0 Å². The van der Waals surface area contributed by atoms with E-state index in [4.69, 9.17) is 4.98 Å². The topological polar surface area (TPSA) is 17.8 Å². The highest BCUT2D eigenvalue weighted by atomic mass is 15.1. The van der Waals surface area contributed by atoms with Crippen molar-refractivity contribution in [2.24, 2.45) is 0 Å². The first-order chi connectivity index (χ1) is 18.7. The molecule has 1 atom stereocenters. The van der Waals surface area contributed by atoms with Gasteiger partial charge >= 0.3 is 0 Å². The van der Waals surface area contributed by atoms with Gasteiger partial charge in [-0.05, 0) is 26.7 Å². The van der Waals surface area contributed by atoms with Crippen LogP contribution in [0.4, 0.5) is 0 Å². The molecule has 0 bridgehead atoms. The van der Waals surface area contributed by atoms with Crippen LogP contribution in [-0.2, 0) is 0 Å². The highest BCUT2D eigenvalue weighted by Gasteiger charge is 2.18.